The lowest BCUT2D eigenvalue weighted by molar-refractivity contribution is 0.0941. The average molecular weight is 703 g/mol. The number of carbonyl (C=O) groups is 2. The number of amides is 2. The Morgan fingerprint density at radius 2 is 0.938 bits per heavy atom. The fourth-order valence-corrected chi connectivity index (χ4v) is 6.31. The summed E-state index contributed by atoms with van der Waals surface area (Å²) in [7, 11) is -1.91. The molecule has 6 N–H and O–H groups in total. The molecule has 0 saturated heterocycles. The summed E-state index contributed by atoms with van der Waals surface area (Å²) in [5.41, 5.74) is -1.54. The molecular formula is C30H34N6O10S2. The summed E-state index contributed by atoms with van der Waals surface area (Å²) in [6, 6.07) is 17.7. The van der Waals surface area contributed by atoms with Gasteiger partial charge in [0.25, 0.3) is 11.8 Å². The van der Waals surface area contributed by atoms with Crippen LogP contribution in [0.1, 0.15) is 32.4 Å². The van der Waals surface area contributed by atoms with E-state index in [-0.39, 0.29) is 45.7 Å². The molecule has 0 unspecified atom stereocenters. The Balaban J connectivity index is 0.000000260. The summed E-state index contributed by atoms with van der Waals surface area (Å²) in [5.74, 6) is -2.68. The largest absolute Gasteiger partial charge is 0.503 e. The van der Waals surface area contributed by atoms with E-state index in [1.165, 1.54) is 61.6 Å². The van der Waals surface area contributed by atoms with Crippen molar-refractivity contribution in [2.45, 2.75) is 22.9 Å². The number of sulfonamides is 2. The smallest absolute Gasteiger partial charge is 0.271 e. The molecule has 0 aliphatic carbocycles. The molecular weight excluding hydrogens is 668 g/mol. The zero-order valence-corrected chi connectivity index (χ0v) is 27.8. The Kier molecular flexibility index (Phi) is 12.0. The molecule has 16 nitrogen and oxygen atoms in total. The SMILES string of the molecule is CNC(=O)c1c(O)c(=O)cc(CNS(=O)(=O)c2ccccc2)n1C.CNC(=O)c1c(O)c(=O)cc(CNS(=O)(=O)c2ccccc2)n1C. The zero-order chi connectivity index (χ0) is 35.8. The van der Waals surface area contributed by atoms with Crippen LogP contribution in [0.3, 0.4) is 0 Å². The van der Waals surface area contributed by atoms with E-state index in [0.717, 1.165) is 12.1 Å². The standard InChI is InChI=1S/2C15H17N3O5S/c2*1-16-15(21)13-14(20)12(19)8-10(18(13)2)9-17-24(22,23)11-6-4-3-5-7-11/h2*3-8,17,20H,9H2,1-2H3,(H,16,21). The van der Waals surface area contributed by atoms with Crippen molar-refractivity contribution in [1.82, 2.24) is 29.2 Å². The van der Waals surface area contributed by atoms with Crippen LogP contribution in [0.4, 0.5) is 0 Å². The third kappa shape index (κ3) is 8.53. The molecule has 0 aliphatic heterocycles. The Hall–Kier alpha value is -5.30. The molecule has 2 aromatic carbocycles. The van der Waals surface area contributed by atoms with Crippen LogP contribution in [0.15, 0.2) is 92.2 Å². The van der Waals surface area contributed by atoms with Gasteiger partial charge < -0.3 is 30.0 Å². The average Bonchev–Trinajstić information content (AvgIpc) is 3.07. The molecule has 0 aliphatic rings. The highest BCUT2D eigenvalue weighted by atomic mass is 32.2. The number of hydrogen-bond acceptors (Lipinski definition) is 10. The van der Waals surface area contributed by atoms with Crippen molar-refractivity contribution in [3.63, 3.8) is 0 Å². The molecule has 4 rings (SSSR count). The molecule has 0 bridgehead atoms. The van der Waals surface area contributed by atoms with Gasteiger partial charge in [-0.25, -0.2) is 26.3 Å². The number of rotatable bonds is 10. The van der Waals surface area contributed by atoms with E-state index in [2.05, 4.69) is 20.1 Å². The van der Waals surface area contributed by atoms with Crippen LogP contribution in [0.2, 0.25) is 0 Å². The van der Waals surface area contributed by atoms with Crippen molar-refractivity contribution >= 4 is 31.9 Å². The molecule has 256 valence electrons. The first-order valence-electron chi connectivity index (χ1n) is 13.9. The predicted octanol–water partition coefficient (Wildman–Crippen LogP) is -0.142. The Bertz CT molecular complexity index is 2000. The van der Waals surface area contributed by atoms with Gasteiger partial charge in [-0.3, -0.25) is 19.2 Å². The van der Waals surface area contributed by atoms with Crippen LogP contribution >= 0.6 is 0 Å². The first-order valence-corrected chi connectivity index (χ1v) is 16.9. The maximum atomic E-state index is 12.2. The molecule has 2 aromatic heterocycles. The Morgan fingerprint density at radius 1 is 0.625 bits per heavy atom. The van der Waals surface area contributed by atoms with Crippen LogP contribution in [-0.4, -0.2) is 62.1 Å². The number of pyridine rings is 2. The number of aromatic hydroxyl groups is 2. The molecule has 0 fully saturated rings. The van der Waals surface area contributed by atoms with Crippen molar-refractivity contribution in [3.05, 3.63) is 116 Å². The second kappa shape index (κ2) is 15.5. The summed E-state index contributed by atoms with van der Waals surface area (Å²) in [6.45, 7) is -0.430. The minimum absolute atomic E-state index is 0.0836. The molecule has 0 atom stereocenters. The fraction of sp³-hybridized carbons (Fsp3) is 0.200. The van der Waals surface area contributed by atoms with Crippen LogP contribution in [0.25, 0.3) is 0 Å². The molecule has 2 heterocycles. The van der Waals surface area contributed by atoms with E-state index in [0.29, 0.717) is 0 Å². The number of aromatic nitrogens is 2. The van der Waals surface area contributed by atoms with Crippen molar-refractivity contribution in [2.75, 3.05) is 14.1 Å². The number of nitrogens with zero attached hydrogens (tertiary/aromatic N) is 2. The van der Waals surface area contributed by atoms with Gasteiger partial charge in [0.1, 0.15) is 0 Å². The van der Waals surface area contributed by atoms with Crippen molar-refractivity contribution in [3.8, 4) is 11.5 Å². The minimum atomic E-state index is -3.77. The van der Waals surface area contributed by atoms with Gasteiger partial charge in [0.2, 0.25) is 30.9 Å². The summed E-state index contributed by atoms with van der Waals surface area (Å²) in [5, 5.41) is 24.2. The fourth-order valence-electron chi connectivity index (χ4n) is 4.27. The number of carbonyl (C=O) groups excluding carboxylic acids is 2. The normalized spacial score (nSPS) is 11.2. The van der Waals surface area contributed by atoms with Crippen LogP contribution in [-0.2, 0) is 47.2 Å². The maximum Gasteiger partial charge on any atom is 0.271 e. The molecule has 18 heteroatoms. The van der Waals surface area contributed by atoms with Gasteiger partial charge in [-0.15, -0.1) is 0 Å². The van der Waals surface area contributed by atoms with E-state index >= 15 is 0 Å². The van der Waals surface area contributed by atoms with Crippen molar-refractivity contribution in [2.24, 2.45) is 14.1 Å². The highest BCUT2D eigenvalue weighted by Gasteiger charge is 2.22. The molecule has 0 saturated carbocycles. The zero-order valence-electron chi connectivity index (χ0n) is 26.2. The first kappa shape index (κ1) is 37.2. The van der Waals surface area contributed by atoms with E-state index in [1.54, 1.807) is 36.4 Å². The molecule has 0 spiro atoms. The topological polar surface area (TPSA) is 235 Å². The quantitative estimate of drug-likeness (QED) is 0.128. The lowest BCUT2D eigenvalue weighted by atomic mass is 10.2. The molecule has 0 radical (unpaired) electrons. The van der Waals surface area contributed by atoms with E-state index in [4.69, 9.17) is 0 Å². The van der Waals surface area contributed by atoms with E-state index < -0.39 is 54.2 Å². The third-order valence-corrected chi connectivity index (χ3v) is 9.76. The van der Waals surface area contributed by atoms with Gasteiger partial charge in [-0.2, -0.15) is 0 Å². The minimum Gasteiger partial charge on any atom is -0.503 e. The Morgan fingerprint density at radius 3 is 1.23 bits per heavy atom. The van der Waals surface area contributed by atoms with Crippen molar-refractivity contribution in [1.29, 1.82) is 0 Å². The van der Waals surface area contributed by atoms with Gasteiger partial charge in [0, 0.05) is 51.7 Å². The summed E-state index contributed by atoms with van der Waals surface area (Å²) >= 11 is 0. The second-order valence-electron chi connectivity index (χ2n) is 9.95. The van der Waals surface area contributed by atoms with Gasteiger partial charge >= 0.3 is 0 Å². The highest BCUT2D eigenvalue weighted by molar-refractivity contribution is 7.89. The Labute approximate surface area is 275 Å². The highest BCUT2D eigenvalue weighted by Crippen LogP contribution is 2.16. The van der Waals surface area contributed by atoms with Gasteiger partial charge in [0.05, 0.1) is 22.9 Å². The number of hydrogen-bond donors (Lipinski definition) is 6. The summed E-state index contributed by atoms with van der Waals surface area (Å²) < 4.78 is 56.1. The lowest BCUT2D eigenvalue weighted by Crippen LogP contribution is -2.30. The number of benzene rings is 2. The van der Waals surface area contributed by atoms with Gasteiger partial charge in [0.15, 0.2) is 22.9 Å². The predicted molar refractivity (Wildman–Crippen MR) is 174 cm³/mol. The molecule has 48 heavy (non-hydrogen) atoms. The van der Waals surface area contributed by atoms with E-state index in [9.17, 15) is 46.2 Å². The monoisotopic (exact) mass is 702 g/mol. The van der Waals surface area contributed by atoms with Crippen LogP contribution in [0.5, 0.6) is 11.5 Å². The van der Waals surface area contributed by atoms with E-state index in [1.807, 2.05) is 0 Å². The number of nitrogens with one attached hydrogen (secondary N) is 4. The second-order valence-corrected chi connectivity index (χ2v) is 13.5. The summed E-state index contributed by atoms with van der Waals surface area (Å²) in [6.07, 6.45) is 0. The van der Waals surface area contributed by atoms with Crippen molar-refractivity contribution < 1.29 is 36.6 Å². The molecule has 2 amide bonds. The van der Waals surface area contributed by atoms with Gasteiger partial charge in [-0.05, 0) is 24.3 Å². The van der Waals surface area contributed by atoms with Crippen LogP contribution < -0.4 is 30.9 Å². The summed E-state index contributed by atoms with van der Waals surface area (Å²) in [4.78, 5) is 47.4. The third-order valence-electron chi connectivity index (χ3n) is 6.92. The molecule has 4 aromatic rings. The van der Waals surface area contributed by atoms with Crippen LogP contribution in [0, 0.1) is 0 Å². The first-order chi connectivity index (χ1) is 22.5. The lowest BCUT2D eigenvalue weighted by Gasteiger charge is -2.15. The van der Waals surface area contributed by atoms with Gasteiger partial charge in [-0.1, -0.05) is 36.4 Å². The maximum absolute atomic E-state index is 12.2.